The predicted molar refractivity (Wildman–Crippen MR) is 68.7 cm³/mol. The summed E-state index contributed by atoms with van der Waals surface area (Å²) in [6.45, 7) is 0. The molecule has 2 aliphatic rings. The van der Waals surface area contributed by atoms with Gasteiger partial charge >= 0.3 is 0 Å². The first-order valence-corrected chi connectivity index (χ1v) is 6.63. The maximum atomic E-state index is 13.9. The molecule has 1 aromatic carbocycles. The number of nitrogens with zero attached hydrogens (tertiary/aromatic N) is 1. The summed E-state index contributed by atoms with van der Waals surface area (Å²) in [6.07, 6.45) is 3.04. The van der Waals surface area contributed by atoms with Crippen LogP contribution in [0.15, 0.2) is 12.1 Å². The minimum Gasteiger partial charge on any atom is -0.397 e. The largest absolute Gasteiger partial charge is 0.397 e. The van der Waals surface area contributed by atoms with E-state index in [-0.39, 0.29) is 23.2 Å². The second kappa shape index (κ2) is 4.54. The summed E-state index contributed by atoms with van der Waals surface area (Å²) >= 11 is 0. The molecular formula is C14H14F2N2O2. The molecule has 2 atom stereocenters. The van der Waals surface area contributed by atoms with Gasteiger partial charge in [-0.2, -0.15) is 0 Å². The highest BCUT2D eigenvalue weighted by atomic mass is 19.1. The molecule has 1 aliphatic carbocycles. The van der Waals surface area contributed by atoms with Crippen LogP contribution in [0.5, 0.6) is 0 Å². The van der Waals surface area contributed by atoms with E-state index in [1.54, 1.807) is 0 Å². The molecule has 2 fully saturated rings. The molecule has 1 saturated heterocycles. The number of halogens is 2. The van der Waals surface area contributed by atoms with E-state index < -0.39 is 23.4 Å². The van der Waals surface area contributed by atoms with E-state index in [1.807, 2.05) is 0 Å². The third kappa shape index (κ3) is 1.78. The Balaban J connectivity index is 2.06. The number of anilines is 2. The van der Waals surface area contributed by atoms with Crippen LogP contribution in [0, 0.1) is 23.5 Å². The number of carbonyl (C=O) groups excluding carboxylic acids is 2. The van der Waals surface area contributed by atoms with E-state index in [0.29, 0.717) is 18.9 Å². The molecule has 1 saturated carbocycles. The molecule has 106 valence electrons. The van der Waals surface area contributed by atoms with Crippen molar-refractivity contribution in [3.8, 4) is 0 Å². The fourth-order valence-electron chi connectivity index (χ4n) is 3.20. The van der Waals surface area contributed by atoms with Gasteiger partial charge in [-0.1, -0.05) is 12.8 Å². The number of amides is 2. The van der Waals surface area contributed by atoms with Gasteiger partial charge in [-0.05, 0) is 18.9 Å². The molecule has 2 amide bonds. The van der Waals surface area contributed by atoms with Crippen molar-refractivity contribution in [1.82, 2.24) is 0 Å². The van der Waals surface area contributed by atoms with Gasteiger partial charge in [0.2, 0.25) is 11.8 Å². The van der Waals surface area contributed by atoms with E-state index in [4.69, 9.17) is 5.73 Å². The lowest BCUT2D eigenvalue weighted by molar-refractivity contribution is -0.122. The van der Waals surface area contributed by atoms with Crippen LogP contribution in [0.1, 0.15) is 25.7 Å². The number of hydrogen-bond donors (Lipinski definition) is 1. The maximum absolute atomic E-state index is 13.9. The van der Waals surface area contributed by atoms with Gasteiger partial charge in [0.05, 0.1) is 17.5 Å². The monoisotopic (exact) mass is 280 g/mol. The first kappa shape index (κ1) is 13.0. The molecule has 3 rings (SSSR count). The Morgan fingerprint density at radius 3 is 2.10 bits per heavy atom. The molecule has 0 spiro atoms. The van der Waals surface area contributed by atoms with Crippen LogP contribution in [0.3, 0.4) is 0 Å². The third-order valence-corrected chi connectivity index (χ3v) is 4.12. The summed E-state index contributed by atoms with van der Waals surface area (Å²) in [7, 11) is 0. The van der Waals surface area contributed by atoms with Gasteiger partial charge in [0.1, 0.15) is 11.5 Å². The Kier molecular flexibility index (Phi) is 2.96. The topological polar surface area (TPSA) is 63.4 Å². The minimum atomic E-state index is -0.983. The molecule has 0 bridgehead atoms. The molecule has 1 aromatic rings. The summed E-state index contributed by atoms with van der Waals surface area (Å²) in [5, 5.41) is 0. The smallest absolute Gasteiger partial charge is 0.237 e. The quantitative estimate of drug-likeness (QED) is 0.633. The predicted octanol–water partition coefficient (Wildman–Crippen LogP) is 2.23. The van der Waals surface area contributed by atoms with E-state index in [2.05, 4.69) is 0 Å². The number of nitrogens with two attached hydrogens (primary N) is 1. The highest BCUT2D eigenvalue weighted by molar-refractivity contribution is 6.23. The maximum Gasteiger partial charge on any atom is 0.237 e. The average molecular weight is 280 g/mol. The number of imide groups is 1. The molecule has 0 radical (unpaired) electrons. The standard InChI is InChI=1S/C14H14F2N2O2/c15-7-5-10(16)12(11(17)6-7)18-13(19)8-3-1-2-4-9(8)14(18)20/h5-6,8-9H,1-4,17H2. The van der Waals surface area contributed by atoms with E-state index in [1.165, 1.54) is 0 Å². The molecular weight excluding hydrogens is 266 g/mol. The Hall–Kier alpha value is -1.98. The second-order valence-corrected chi connectivity index (χ2v) is 5.33. The van der Waals surface area contributed by atoms with Crippen LogP contribution in [0.4, 0.5) is 20.2 Å². The zero-order valence-corrected chi connectivity index (χ0v) is 10.7. The molecule has 20 heavy (non-hydrogen) atoms. The number of nitrogen functional groups attached to an aromatic ring is 1. The molecule has 6 heteroatoms. The number of benzene rings is 1. The van der Waals surface area contributed by atoms with Crippen molar-refractivity contribution in [3.63, 3.8) is 0 Å². The Bertz CT molecular complexity index is 556. The van der Waals surface area contributed by atoms with Gasteiger partial charge in [-0.3, -0.25) is 9.59 Å². The zero-order valence-electron chi connectivity index (χ0n) is 10.7. The van der Waals surface area contributed by atoms with Crippen LogP contribution in [-0.4, -0.2) is 11.8 Å². The van der Waals surface area contributed by atoms with Crippen molar-refractivity contribution in [2.45, 2.75) is 25.7 Å². The van der Waals surface area contributed by atoms with Gasteiger partial charge in [0.25, 0.3) is 0 Å². The number of carbonyl (C=O) groups is 2. The van der Waals surface area contributed by atoms with E-state index in [0.717, 1.165) is 23.8 Å². The molecule has 0 aromatic heterocycles. The molecule has 4 nitrogen and oxygen atoms in total. The molecule has 2 N–H and O–H groups in total. The van der Waals surface area contributed by atoms with Crippen molar-refractivity contribution < 1.29 is 18.4 Å². The van der Waals surface area contributed by atoms with Crippen molar-refractivity contribution >= 4 is 23.2 Å². The summed E-state index contributed by atoms with van der Waals surface area (Å²) in [4.78, 5) is 25.5. The van der Waals surface area contributed by atoms with Crippen LogP contribution >= 0.6 is 0 Å². The fourth-order valence-corrected chi connectivity index (χ4v) is 3.20. The molecule has 1 aliphatic heterocycles. The lowest BCUT2D eigenvalue weighted by atomic mass is 9.81. The Labute approximate surface area is 114 Å². The van der Waals surface area contributed by atoms with E-state index in [9.17, 15) is 18.4 Å². The zero-order chi connectivity index (χ0) is 14.4. The summed E-state index contributed by atoms with van der Waals surface area (Å²) in [6, 6.07) is 1.55. The van der Waals surface area contributed by atoms with Crippen molar-refractivity contribution in [3.05, 3.63) is 23.8 Å². The average Bonchev–Trinajstić information content (AvgIpc) is 2.64. The SMILES string of the molecule is Nc1cc(F)cc(F)c1N1C(=O)C2CCCCC2C1=O. The lowest BCUT2D eigenvalue weighted by Gasteiger charge is -2.19. The molecule has 1 heterocycles. The van der Waals surface area contributed by atoms with Crippen molar-refractivity contribution in [1.29, 1.82) is 0 Å². The first-order valence-electron chi connectivity index (χ1n) is 6.63. The van der Waals surface area contributed by atoms with E-state index >= 15 is 0 Å². The summed E-state index contributed by atoms with van der Waals surface area (Å²) in [5.41, 5.74) is 5.05. The van der Waals surface area contributed by atoms with Gasteiger partial charge in [0, 0.05) is 6.07 Å². The van der Waals surface area contributed by atoms with Crippen LogP contribution in [0.2, 0.25) is 0 Å². The second-order valence-electron chi connectivity index (χ2n) is 5.33. The van der Waals surface area contributed by atoms with Gasteiger partial charge < -0.3 is 5.73 Å². The van der Waals surface area contributed by atoms with Gasteiger partial charge in [-0.25, -0.2) is 13.7 Å². The van der Waals surface area contributed by atoms with Crippen LogP contribution < -0.4 is 10.6 Å². The molecule has 2 unspecified atom stereocenters. The van der Waals surface area contributed by atoms with Gasteiger partial charge in [-0.15, -0.1) is 0 Å². The Morgan fingerprint density at radius 1 is 1.05 bits per heavy atom. The highest BCUT2D eigenvalue weighted by Gasteiger charge is 2.49. The third-order valence-electron chi connectivity index (χ3n) is 4.12. The normalized spacial score (nSPS) is 26.0. The van der Waals surface area contributed by atoms with Crippen LogP contribution in [0.25, 0.3) is 0 Å². The summed E-state index contributed by atoms with van der Waals surface area (Å²) < 4.78 is 27.0. The Morgan fingerprint density at radius 2 is 1.60 bits per heavy atom. The fraction of sp³-hybridized carbons (Fsp3) is 0.429. The van der Waals surface area contributed by atoms with Crippen molar-refractivity contribution in [2.75, 3.05) is 10.6 Å². The number of rotatable bonds is 1. The van der Waals surface area contributed by atoms with Crippen LogP contribution in [-0.2, 0) is 9.59 Å². The number of fused-ring (bicyclic) bond motifs is 1. The highest BCUT2D eigenvalue weighted by Crippen LogP contribution is 2.42. The minimum absolute atomic E-state index is 0.233. The van der Waals surface area contributed by atoms with Crippen molar-refractivity contribution in [2.24, 2.45) is 11.8 Å². The first-order chi connectivity index (χ1) is 9.50. The number of hydrogen-bond acceptors (Lipinski definition) is 3. The summed E-state index contributed by atoms with van der Waals surface area (Å²) in [5.74, 6) is -3.43. The lowest BCUT2D eigenvalue weighted by Crippen LogP contribution is -2.32. The van der Waals surface area contributed by atoms with Gasteiger partial charge in [0.15, 0.2) is 5.82 Å².